The Morgan fingerprint density at radius 2 is 0.506 bits per heavy atom. The Balaban J connectivity index is 4.15. The highest BCUT2D eigenvalue weighted by atomic mass is 16.6. The van der Waals surface area contributed by atoms with Gasteiger partial charge in [0.1, 0.15) is 13.2 Å². The highest BCUT2D eigenvalue weighted by Crippen LogP contribution is 2.15. The molecular weight excluding hydrogens is 949 g/mol. The molecular formula is C71H118O6. The maximum absolute atomic E-state index is 12.8. The van der Waals surface area contributed by atoms with Crippen LogP contribution in [-0.4, -0.2) is 37.2 Å². The Morgan fingerprint density at radius 3 is 0.818 bits per heavy atom. The van der Waals surface area contributed by atoms with Gasteiger partial charge in [-0.05, 0) is 116 Å². The van der Waals surface area contributed by atoms with Crippen LogP contribution in [0.1, 0.15) is 290 Å². The zero-order valence-corrected chi connectivity index (χ0v) is 50.2. The fourth-order valence-corrected chi connectivity index (χ4v) is 8.67. The fourth-order valence-electron chi connectivity index (χ4n) is 8.67. The van der Waals surface area contributed by atoms with Crippen molar-refractivity contribution in [2.45, 2.75) is 297 Å². The van der Waals surface area contributed by atoms with Gasteiger partial charge in [0.25, 0.3) is 0 Å². The molecule has 1 atom stereocenters. The molecule has 438 valence electrons. The summed E-state index contributed by atoms with van der Waals surface area (Å²) in [5, 5.41) is 0. The molecule has 0 aromatic carbocycles. The maximum atomic E-state index is 12.8. The summed E-state index contributed by atoms with van der Waals surface area (Å²) in [6, 6.07) is 0. The van der Waals surface area contributed by atoms with Crippen molar-refractivity contribution < 1.29 is 28.6 Å². The van der Waals surface area contributed by atoms with E-state index in [1.54, 1.807) is 0 Å². The average Bonchev–Trinajstić information content (AvgIpc) is 3.43. The highest BCUT2D eigenvalue weighted by molar-refractivity contribution is 5.71. The van der Waals surface area contributed by atoms with Gasteiger partial charge in [-0.15, -0.1) is 0 Å². The minimum atomic E-state index is -0.792. The van der Waals surface area contributed by atoms with Gasteiger partial charge in [0.05, 0.1) is 0 Å². The van der Waals surface area contributed by atoms with E-state index in [4.69, 9.17) is 14.2 Å². The van der Waals surface area contributed by atoms with E-state index in [-0.39, 0.29) is 31.1 Å². The summed E-state index contributed by atoms with van der Waals surface area (Å²) in [4.78, 5) is 37.9. The zero-order chi connectivity index (χ0) is 55.7. The van der Waals surface area contributed by atoms with Gasteiger partial charge in [-0.2, -0.15) is 0 Å². The van der Waals surface area contributed by atoms with Crippen LogP contribution < -0.4 is 0 Å². The van der Waals surface area contributed by atoms with Gasteiger partial charge >= 0.3 is 17.9 Å². The number of esters is 3. The normalized spacial score (nSPS) is 12.9. The Hall–Kier alpha value is -4.19. The molecule has 0 bridgehead atoms. The molecule has 0 aliphatic rings. The largest absolute Gasteiger partial charge is 0.462 e. The lowest BCUT2D eigenvalue weighted by Crippen LogP contribution is -2.30. The van der Waals surface area contributed by atoms with Gasteiger partial charge in [0.2, 0.25) is 0 Å². The van der Waals surface area contributed by atoms with E-state index < -0.39 is 6.10 Å². The van der Waals surface area contributed by atoms with Crippen molar-refractivity contribution >= 4 is 17.9 Å². The molecule has 0 aromatic rings. The maximum Gasteiger partial charge on any atom is 0.306 e. The zero-order valence-electron chi connectivity index (χ0n) is 50.2. The van der Waals surface area contributed by atoms with Crippen molar-refractivity contribution in [3.63, 3.8) is 0 Å². The predicted octanol–water partition coefficient (Wildman–Crippen LogP) is 22.0. The summed E-state index contributed by atoms with van der Waals surface area (Å²) in [5.74, 6) is -0.937. The SMILES string of the molecule is CC/C=C\C/C=C\C/C=C\C/C=C\C/C=C\C/C=C\C/C=C\C/C=C\C/C=C\CCCCCC(=O)OCC(COC(=O)CCCCCCC)OC(=O)CCCCCCCCCCCCC/C=C\CCCCCCCCCC. The third-order valence-corrected chi connectivity index (χ3v) is 13.5. The molecule has 0 spiro atoms. The van der Waals surface area contributed by atoms with E-state index in [1.165, 1.54) is 116 Å². The van der Waals surface area contributed by atoms with Crippen molar-refractivity contribution in [3.8, 4) is 0 Å². The van der Waals surface area contributed by atoms with Gasteiger partial charge in [0.15, 0.2) is 6.10 Å². The first-order valence-electron chi connectivity index (χ1n) is 32.0. The van der Waals surface area contributed by atoms with E-state index in [2.05, 4.69) is 142 Å². The number of hydrogen-bond donors (Lipinski definition) is 0. The van der Waals surface area contributed by atoms with Crippen LogP contribution >= 0.6 is 0 Å². The molecule has 0 N–H and O–H groups in total. The van der Waals surface area contributed by atoms with E-state index in [0.29, 0.717) is 19.3 Å². The molecule has 0 saturated carbocycles. The second-order valence-electron chi connectivity index (χ2n) is 20.9. The van der Waals surface area contributed by atoms with Gasteiger partial charge in [0, 0.05) is 19.3 Å². The highest BCUT2D eigenvalue weighted by Gasteiger charge is 2.19. The number of carbonyl (C=O) groups excluding carboxylic acids is 3. The van der Waals surface area contributed by atoms with Crippen molar-refractivity contribution in [3.05, 3.63) is 122 Å². The molecule has 0 aliphatic heterocycles. The molecule has 0 radical (unpaired) electrons. The van der Waals surface area contributed by atoms with E-state index in [0.717, 1.165) is 135 Å². The minimum Gasteiger partial charge on any atom is -0.462 e. The fraction of sp³-hybridized carbons (Fsp3) is 0.676. The number of allylic oxidation sites excluding steroid dienone is 20. The Morgan fingerprint density at radius 1 is 0.273 bits per heavy atom. The smallest absolute Gasteiger partial charge is 0.306 e. The van der Waals surface area contributed by atoms with Crippen LogP contribution in [0.15, 0.2) is 122 Å². The average molecular weight is 1070 g/mol. The van der Waals surface area contributed by atoms with Crippen molar-refractivity contribution in [2.24, 2.45) is 0 Å². The van der Waals surface area contributed by atoms with Crippen LogP contribution in [0, 0.1) is 0 Å². The third kappa shape index (κ3) is 62.5. The van der Waals surface area contributed by atoms with Crippen LogP contribution in [0.4, 0.5) is 0 Å². The molecule has 0 aliphatic carbocycles. The summed E-state index contributed by atoms with van der Waals surface area (Å²) in [5.41, 5.74) is 0. The van der Waals surface area contributed by atoms with Gasteiger partial charge < -0.3 is 14.2 Å². The lowest BCUT2D eigenvalue weighted by molar-refractivity contribution is -0.167. The van der Waals surface area contributed by atoms with E-state index in [1.807, 2.05) is 0 Å². The second kappa shape index (κ2) is 64.3. The number of carbonyl (C=O) groups is 3. The lowest BCUT2D eigenvalue weighted by Gasteiger charge is -2.18. The molecule has 0 heterocycles. The van der Waals surface area contributed by atoms with Gasteiger partial charge in [-0.25, -0.2) is 0 Å². The van der Waals surface area contributed by atoms with Crippen molar-refractivity contribution in [1.82, 2.24) is 0 Å². The van der Waals surface area contributed by atoms with Crippen molar-refractivity contribution in [1.29, 1.82) is 0 Å². The molecule has 77 heavy (non-hydrogen) atoms. The first kappa shape index (κ1) is 72.8. The van der Waals surface area contributed by atoms with Crippen LogP contribution in [0.2, 0.25) is 0 Å². The summed E-state index contributed by atoms with van der Waals surface area (Å²) in [6.45, 7) is 6.42. The Bertz CT molecular complexity index is 1600. The molecule has 6 nitrogen and oxygen atoms in total. The summed E-state index contributed by atoms with van der Waals surface area (Å²) in [7, 11) is 0. The van der Waals surface area contributed by atoms with Crippen LogP contribution in [0.25, 0.3) is 0 Å². The molecule has 6 heteroatoms. The summed E-state index contributed by atoms with van der Waals surface area (Å²) < 4.78 is 16.7. The van der Waals surface area contributed by atoms with Gasteiger partial charge in [-0.3, -0.25) is 14.4 Å². The number of unbranched alkanes of at least 4 members (excludes halogenated alkanes) is 26. The number of rotatable bonds is 57. The number of hydrogen-bond acceptors (Lipinski definition) is 6. The standard InChI is InChI=1S/C71H118O6/c1-4-7-10-13-15-17-19-21-23-25-27-29-31-32-33-34-35-36-37-38-40-41-43-45-47-49-51-53-55-58-61-64-70(73)76-67-68(66-75-69(72)63-60-57-12-9-6-3)77-71(74)65-62-59-56-54-52-50-48-46-44-42-39-30-28-26-24-22-20-18-16-14-11-8-5-2/h7,10,15,17,21,23,26-29,32-33,35-36,38,40,43,45,49,51,68H,4-6,8-9,11-14,16,18-20,22,24-25,30-31,34,37,39,41-42,44,46-48,50,52-67H2,1-3H3/b10-7-,17-15-,23-21-,28-26-,29-27-,33-32-,36-35-,40-38-,45-43-,51-49-. The molecule has 1 unspecified atom stereocenters. The first-order valence-corrected chi connectivity index (χ1v) is 32.0. The quantitative estimate of drug-likeness (QED) is 0.0261. The topological polar surface area (TPSA) is 78.9 Å². The predicted molar refractivity (Wildman–Crippen MR) is 334 cm³/mol. The molecule has 0 amide bonds. The summed E-state index contributed by atoms with van der Waals surface area (Å²) in [6.07, 6.45) is 89.7. The van der Waals surface area contributed by atoms with Gasteiger partial charge in [-0.1, -0.05) is 277 Å². The monoisotopic (exact) mass is 1070 g/mol. The first-order chi connectivity index (χ1) is 38.0. The third-order valence-electron chi connectivity index (χ3n) is 13.5. The molecule has 0 rings (SSSR count). The lowest BCUT2D eigenvalue weighted by atomic mass is 10.0. The van der Waals surface area contributed by atoms with E-state index in [9.17, 15) is 14.4 Å². The minimum absolute atomic E-state index is 0.0907. The number of ether oxygens (including phenoxy) is 3. The Kier molecular flexibility index (Phi) is 60.8. The molecule has 0 saturated heterocycles. The molecule has 0 fully saturated rings. The van der Waals surface area contributed by atoms with Crippen LogP contribution in [0.3, 0.4) is 0 Å². The Labute approximate surface area is 475 Å². The van der Waals surface area contributed by atoms with Crippen LogP contribution in [-0.2, 0) is 28.6 Å². The summed E-state index contributed by atoms with van der Waals surface area (Å²) >= 11 is 0. The molecule has 0 aromatic heterocycles. The van der Waals surface area contributed by atoms with Crippen LogP contribution in [0.5, 0.6) is 0 Å². The second-order valence-corrected chi connectivity index (χ2v) is 20.9. The van der Waals surface area contributed by atoms with E-state index >= 15 is 0 Å². The van der Waals surface area contributed by atoms with Crippen molar-refractivity contribution in [2.75, 3.05) is 13.2 Å².